The molecule has 0 bridgehead atoms. The fourth-order valence-corrected chi connectivity index (χ4v) is 1.80. The second-order valence-electron chi connectivity index (χ2n) is 4.02. The van der Waals surface area contributed by atoms with E-state index < -0.39 is 5.91 Å². The van der Waals surface area contributed by atoms with Crippen LogP contribution in [0.3, 0.4) is 0 Å². The molecule has 1 aromatic heterocycles. The first-order valence-corrected chi connectivity index (χ1v) is 6.45. The van der Waals surface area contributed by atoms with Crippen LogP contribution < -0.4 is 10.6 Å². The van der Waals surface area contributed by atoms with E-state index in [2.05, 4.69) is 15.6 Å². The van der Waals surface area contributed by atoms with Crippen molar-refractivity contribution < 1.29 is 9.18 Å². The van der Waals surface area contributed by atoms with Crippen LogP contribution >= 0.6 is 11.6 Å². The minimum absolute atomic E-state index is 0.120. The summed E-state index contributed by atoms with van der Waals surface area (Å²) in [6.07, 6.45) is 0. The molecule has 0 aliphatic carbocycles. The van der Waals surface area contributed by atoms with Crippen molar-refractivity contribution in [2.45, 2.75) is 6.92 Å². The van der Waals surface area contributed by atoms with Gasteiger partial charge in [-0.25, -0.2) is 9.37 Å². The lowest BCUT2D eigenvalue weighted by Gasteiger charge is -2.08. The van der Waals surface area contributed by atoms with E-state index in [1.54, 1.807) is 12.1 Å². The fourth-order valence-electron chi connectivity index (χ4n) is 1.60. The zero-order chi connectivity index (χ0) is 14.5. The van der Waals surface area contributed by atoms with Gasteiger partial charge in [-0.2, -0.15) is 0 Å². The van der Waals surface area contributed by atoms with Crippen molar-refractivity contribution in [1.82, 2.24) is 4.98 Å². The fraction of sp³-hybridized carbons (Fsp3) is 0.143. The van der Waals surface area contributed by atoms with E-state index in [0.29, 0.717) is 18.1 Å². The third kappa shape index (κ3) is 3.45. The van der Waals surface area contributed by atoms with Crippen molar-refractivity contribution in [3.63, 3.8) is 0 Å². The molecule has 0 fully saturated rings. The molecular formula is C14H13ClFN3O. The molecule has 1 aromatic carbocycles. The number of rotatable bonds is 4. The van der Waals surface area contributed by atoms with E-state index in [4.69, 9.17) is 11.6 Å². The highest BCUT2D eigenvalue weighted by atomic mass is 35.5. The Labute approximate surface area is 121 Å². The van der Waals surface area contributed by atoms with E-state index in [-0.39, 0.29) is 16.5 Å². The number of hydrogen-bond donors (Lipinski definition) is 2. The number of carbonyl (C=O) groups is 1. The Hall–Kier alpha value is -2.14. The number of anilines is 2. The first-order chi connectivity index (χ1) is 9.60. The predicted molar refractivity (Wildman–Crippen MR) is 77.8 cm³/mol. The van der Waals surface area contributed by atoms with Crippen molar-refractivity contribution >= 4 is 29.0 Å². The number of halogens is 2. The molecule has 0 saturated heterocycles. The summed E-state index contributed by atoms with van der Waals surface area (Å²) in [5, 5.41) is 5.87. The van der Waals surface area contributed by atoms with Crippen LogP contribution in [0.5, 0.6) is 0 Å². The van der Waals surface area contributed by atoms with Crippen LogP contribution in [-0.4, -0.2) is 17.4 Å². The lowest BCUT2D eigenvalue weighted by Crippen LogP contribution is -2.15. The molecule has 0 aliphatic heterocycles. The Morgan fingerprint density at radius 2 is 1.95 bits per heavy atom. The summed E-state index contributed by atoms with van der Waals surface area (Å²) in [7, 11) is 0. The number of aromatic nitrogens is 1. The molecule has 20 heavy (non-hydrogen) atoms. The van der Waals surface area contributed by atoms with Gasteiger partial charge in [0, 0.05) is 12.2 Å². The molecule has 0 radical (unpaired) electrons. The number of nitrogens with one attached hydrogen (secondary N) is 2. The standard InChI is InChI=1S/C14H13ClFN3O/c1-2-17-12-8-7-11(15)13(19-12)14(20)18-10-5-3-9(16)4-6-10/h3-8H,2H2,1H3,(H,17,19)(H,18,20). The second kappa shape index (κ2) is 6.34. The van der Waals surface area contributed by atoms with Crippen LogP contribution in [0.25, 0.3) is 0 Å². The first-order valence-electron chi connectivity index (χ1n) is 6.07. The molecule has 1 heterocycles. The molecular weight excluding hydrogens is 281 g/mol. The molecule has 1 amide bonds. The van der Waals surface area contributed by atoms with Crippen LogP contribution in [0, 0.1) is 5.82 Å². The average molecular weight is 294 g/mol. The van der Waals surface area contributed by atoms with Gasteiger partial charge in [0.15, 0.2) is 0 Å². The van der Waals surface area contributed by atoms with Gasteiger partial charge in [-0.05, 0) is 43.3 Å². The predicted octanol–water partition coefficient (Wildman–Crippen LogP) is 3.56. The minimum atomic E-state index is -0.443. The summed E-state index contributed by atoms with van der Waals surface area (Å²) < 4.78 is 12.8. The first kappa shape index (κ1) is 14.3. The van der Waals surface area contributed by atoms with Crippen molar-refractivity contribution in [3.8, 4) is 0 Å². The summed E-state index contributed by atoms with van der Waals surface area (Å²) >= 11 is 5.97. The molecule has 0 saturated carbocycles. The average Bonchev–Trinajstić information content (AvgIpc) is 2.43. The van der Waals surface area contributed by atoms with Gasteiger partial charge in [-0.1, -0.05) is 11.6 Å². The topological polar surface area (TPSA) is 54.0 Å². The normalized spacial score (nSPS) is 10.2. The van der Waals surface area contributed by atoms with Crippen LogP contribution in [0.1, 0.15) is 17.4 Å². The van der Waals surface area contributed by atoms with E-state index in [1.807, 2.05) is 6.92 Å². The summed E-state index contributed by atoms with van der Waals surface area (Å²) in [4.78, 5) is 16.2. The highest BCUT2D eigenvalue weighted by molar-refractivity contribution is 6.34. The lowest BCUT2D eigenvalue weighted by atomic mass is 10.3. The van der Waals surface area contributed by atoms with Crippen LogP contribution in [-0.2, 0) is 0 Å². The van der Waals surface area contributed by atoms with E-state index >= 15 is 0 Å². The Bertz CT molecular complexity index is 616. The van der Waals surface area contributed by atoms with Gasteiger partial charge < -0.3 is 10.6 Å². The number of amides is 1. The van der Waals surface area contributed by atoms with E-state index in [9.17, 15) is 9.18 Å². The molecule has 2 rings (SSSR count). The highest BCUT2D eigenvalue weighted by Gasteiger charge is 2.13. The third-order valence-electron chi connectivity index (χ3n) is 2.52. The molecule has 0 unspecified atom stereocenters. The molecule has 2 N–H and O–H groups in total. The van der Waals surface area contributed by atoms with Crippen molar-refractivity contribution in [2.24, 2.45) is 0 Å². The highest BCUT2D eigenvalue weighted by Crippen LogP contribution is 2.18. The number of pyridine rings is 1. The largest absolute Gasteiger partial charge is 0.370 e. The number of hydrogen-bond acceptors (Lipinski definition) is 3. The van der Waals surface area contributed by atoms with Gasteiger partial charge in [0.25, 0.3) is 5.91 Å². The van der Waals surface area contributed by atoms with Gasteiger partial charge in [-0.15, -0.1) is 0 Å². The molecule has 2 aromatic rings. The molecule has 104 valence electrons. The number of carbonyl (C=O) groups excluding carboxylic acids is 1. The summed E-state index contributed by atoms with van der Waals surface area (Å²) in [6, 6.07) is 8.76. The molecule has 0 atom stereocenters. The third-order valence-corrected chi connectivity index (χ3v) is 2.83. The minimum Gasteiger partial charge on any atom is -0.370 e. The maximum absolute atomic E-state index is 12.8. The quantitative estimate of drug-likeness (QED) is 0.906. The van der Waals surface area contributed by atoms with Crippen LogP contribution in [0.4, 0.5) is 15.9 Å². The number of benzene rings is 1. The Balaban J connectivity index is 2.19. The summed E-state index contributed by atoms with van der Waals surface area (Å²) in [6.45, 7) is 2.61. The van der Waals surface area contributed by atoms with Crippen molar-refractivity contribution in [1.29, 1.82) is 0 Å². The Kier molecular flexibility index (Phi) is 4.53. The molecule has 0 aliphatic rings. The lowest BCUT2D eigenvalue weighted by molar-refractivity contribution is 0.102. The Morgan fingerprint density at radius 1 is 1.25 bits per heavy atom. The molecule has 6 heteroatoms. The van der Waals surface area contributed by atoms with Gasteiger partial charge >= 0.3 is 0 Å². The summed E-state index contributed by atoms with van der Waals surface area (Å²) in [5.41, 5.74) is 0.595. The monoisotopic (exact) mass is 293 g/mol. The zero-order valence-corrected chi connectivity index (χ0v) is 11.5. The number of nitrogens with zero attached hydrogens (tertiary/aromatic N) is 1. The maximum Gasteiger partial charge on any atom is 0.275 e. The van der Waals surface area contributed by atoms with Crippen molar-refractivity contribution in [2.75, 3.05) is 17.2 Å². The van der Waals surface area contributed by atoms with Gasteiger partial charge in [0.2, 0.25) is 0 Å². The van der Waals surface area contributed by atoms with Gasteiger partial charge in [0.1, 0.15) is 17.3 Å². The maximum atomic E-state index is 12.8. The van der Waals surface area contributed by atoms with E-state index in [1.165, 1.54) is 24.3 Å². The molecule has 0 spiro atoms. The Morgan fingerprint density at radius 3 is 2.60 bits per heavy atom. The van der Waals surface area contributed by atoms with Crippen LogP contribution in [0.15, 0.2) is 36.4 Å². The smallest absolute Gasteiger partial charge is 0.275 e. The van der Waals surface area contributed by atoms with Crippen molar-refractivity contribution in [3.05, 3.63) is 52.9 Å². The van der Waals surface area contributed by atoms with Gasteiger partial charge in [-0.3, -0.25) is 4.79 Å². The van der Waals surface area contributed by atoms with Crippen LogP contribution in [0.2, 0.25) is 5.02 Å². The zero-order valence-electron chi connectivity index (χ0n) is 10.8. The summed E-state index contributed by atoms with van der Waals surface area (Å²) in [5.74, 6) is -0.240. The van der Waals surface area contributed by atoms with Gasteiger partial charge in [0.05, 0.1) is 5.02 Å². The second-order valence-corrected chi connectivity index (χ2v) is 4.43. The van der Waals surface area contributed by atoms with E-state index in [0.717, 1.165) is 0 Å². The SMILES string of the molecule is CCNc1ccc(Cl)c(C(=O)Nc2ccc(F)cc2)n1. The molecule has 4 nitrogen and oxygen atoms in total.